The third-order valence-electron chi connectivity index (χ3n) is 7.12. The summed E-state index contributed by atoms with van der Waals surface area (Å²) in [5.41, 5.74) is 3.53. The Balaban J connectivity index is 1.44. The van der Waals surface area contributed by atoms with Crippen LogP contribution in [0.15, 0.2) is 49.2 Å². The van der Waals surface area contributed by atoms with Crippen molar-refractivity contribution in [1.82, 2.24) is 34.6 Å². The molecule has 3 aromatic heterocycles. The number of para-hydroxylation sites is 1. The van der Waals surface area contributed by atoms with Crippen LogP contribution in [0.5, 0.6) is 5.75 Å². The maximum Gasteiger partial charge on any atom is 0.184 e. The van der Waals surface area contributed by atoms with Gasteiger partial charge in [-0.25, -0.2) is 19.9 Å². The number of likely N-dealkylation sites (tertiary alicyclic amines) is 1. The van der Waals surface area contributed by atoms with Gasteiger partial charge in [0.25, 0.3) is 0 Å². The molecule has 1 aromatic carbocycles. The second-order valence-corrected chi connectivity index (χ2v) is 9.84. The van der Waals surface area contributed by atoms with Crippen LogP contribution in [0.4, 0.5) is 23.0 Å². The largest absolute Gasteiger partial charge is 0.494 e. The van der Waals surface area contributed by atoms with Gasteiger partial charge in [0.1, 0.15) is 24.3 Å². The molecule has 1 fully saturated rings. The molecule has 0 amide bonds. The summed E-state index contributed by atoms with van der Waals surface area (Å²) in [7, 11) is 5.33. The first-order valence-corrected chi connectivity index (χ1v) is 13.6. The highest BCUT2D eigenvalue weighted by molar-refractivity contribution is 6.02. The number of methoxy groups -OCH3 is 1. The average molecular weight is 542 g/mol. The Morgan fingerprint density at radius 2 is 1.88 bits per heavy atom. The number of aromatic nitrogens is 6. The standard InChI is InChI=1S/C29H35N9O2/c1-5-25(39)22-17-30-27(37(3)26-15-20(31-18-32-26)11-14-38-12-6-7-13-38)16-24(22)34-23-10-8-9-21(28(23)40-4)29-33-19-36(2)35-29/h8-10,15-19H,5-7,11-14H2,1-4H3,(H,30,34). The molecule has 0 aliphatic carbocycles. The maximum absolute atomic E-state index is 12.9. The van der Waals surface area contributed by atoms with Crippen molar-refractivity contribution in [1.29, 1.82) is 0 Å². The Hall–Kier alpha value is -4.38. The van der Waals surface area contributed by atoms with E-state index in [1.807, 2.05) is 56.3 Å². The molecule has 0 saturated carbocycles. The van der Waals surface area contributed by atoms with Crippen molar-refractivity contribution in [3.05, 3.63) is 60.4 Å². The first-order valence-electron chi connectivity index (χ1n) is 13.6. The summed E-state index contributed by atoms with van der Waals surface area (Å²) in [4.78, 5) is 35.2. The molecule has 1 aliphatic rings. The van der Waals surface area contributed by atoms with Gasteiger partial charge in [-0.15, -0.1) is 0 Å². The smallest absolute Gasteiger partial charge is 0.184 e. The summed E-state index contributed by atoms with van der Waals surface area (Å²) in [5, 5.41) is 7.84. The van der Waals surface area contributed by atoms with Crippen molar-refractivity contribution in [3.63, 3.8) is 0 Å². The van der Waals surface area contributed by atoms with Gasteiger partial charge in [-0.3, -0.25) is 9.48 Å². The highest BCUT2D eigenvalue weighted by Crippen LogP contribution is 2.38. The van der Waals surface area contributed by atoms with Crippen molar-refractivity contribution in [2.45, 2.75) is 32.6 Å². The highest BCUT2D eigenvalue weighted by atomic mass is 16.5. The van der Waals surface area contributed by atoms with Gasteiger partial charge in [-0.1, -0.05) is 13.0 Å². The number of nitrogens with zero attached hydrogens (tertiary/aromatic N) is 8. The monoisotopic (exact) mass is 541 g/mol. The molecule has 11 heteroatoms. The van der Waals surface area contributed by atoms with E-state index >= 15 is 0 Å². The summed E-state index contributed by atoms with van der Waals surface area (Å²) in [6, 6.07) is 9.56. The third-order valence-corrected chi connectivity index (χ3v) is 7.12. The van der Waals surface area contributed by atoms with Crippen LogP contribution in [0.25, 0.3) is 11.4 Å². The third kappa shape index (κ3) is 5.94. The second-order valence-electron chi connectivity index (χ2n) is 9.84. The first kappa shape index (κ1) is 27.2. The van der Waals surface area contributed by atoms with Crippen molar-refractivity contribution in [2.24, 2.45) is 7.05 Å². The fourth-order valence-corrected chi connectivity index (χ4v) is 4.89. The molecule has 0 bridgehead atoms. The molecule has 5 rings (SSSR count). The molecule has 1 saturated heterocycles. The Morgan fingerprint density at radius 1 is 1.07 bits per heavy atom. The van der Waals surface area contributed by atoms with Gasteiger partial charge in [0.05, 0.1) is 29.6 Å². The quantitative estimate of drug-likeness (QED) is 0.274. The topological polar surface area (TPSA) is 114 Å². The Labute approximate surface area is 234 Å². The number of anilines is 4. The zero-order valence-corrected chi connectivity index (χ0v) is 23.5. The van der Waals surface area contributed by atoms with Gasteiger partial charge in [0, 0.05) is 57.5 Å². The van der Waals surface area contributed by atoms with Crippen LogP contribution in [-0.2, 0) is 13.5 Å². The SMILES string of the molecule is CCC(=O)c1cnc(N(C)c2cc(CCN3CCCC3)ncn2)cc1Nc1cccc(-c2ncn(C)n2)c1OC. The van der Waals surface area contributed by atoms with E-state index in [2.05, 4.69) is 35.3 Å². The van der Waals surface area contributed by atoms with E-state index in [-0.39, 0.29) is 5.78 Å². The minimum atomic E-state index is -0.0167. The van der Waals surface area contributed by atoms with Crippen molar-refractivity contribution >= 4 is 28.8 Å². The molecular weight excluding hydrogens is 506 g/mol. The number of nitrogens with one attached hydrogen (secondary N) is 1. The summed E-state index contributed by atoms with van der Waals surface area (Å²) >= 11 is 0. The van der Waals surface area contributed by atoms with E-state index < -0.39 is 0 Å². The lowest BCUT2D eigenvalue weighted by Crippen LogP contribution is -2.22. The number of Topliss-reactive ketones (excluding diaryl/α,β-unsaturated/α-hetero) is 1. The minimum absolute atomic E-state index is 0.0167. The van der Waals surface area contributed by atoms with Crippen LogP contribution in [-0.4, -0.2) is 74.2 Å². The second kappa shape index (κ2) is 12.2. The van der Waals surface area contributed by atoms with Gasteiger partial charge < -0.3 is 19.9 Å². The van der Waals surface area contributed by atoms with Gasteiger partial charge >= 0.3 is 0 Å². The number of ether oxygens (including phenoxy) is 1. The van der Waals surface area contributed by atoms with Gasteiger partial charge in [0.15, 0.2) is 17.4 Å². The number of ketones is 1. The molecule has 1 aliphatic heterocycles. The summed E-state index contributed by atoms with van der Waals surface area (Å²) in [5.74, 6) is 2.49. The molecule has 40 heavy (non-hydrogen) atoms. The lowest BCUT2D eigenvalue weighted by molar-refractivity contribution is 0.0988. The van der Waals surface area contributed by atoms with Gasteiger partial charge in [-0.2, -0.15) is 5.10 Å². The number of carbonyl (C=O) groups excluding carboxylic acids is 1. The molecule has 1 N–H and O–H groups in total. The van der Waals surface area contributed by atoms with E-state index in [0.717, 1.165) is 43.1 Å². The number of hydrogen-bond acceptors (Lipinski definition) is 10. The van der Waals surface area contributed by atoms with E-state index in [9.17, 15) is 4.79 Å². The van der Waals surface area contributed by atoms with Gasteiger partial charge in [-0.05, 0) is 38.1 Å². The van der Waals surface area contributed by atoms with Crippen molar-refractivity contribution in [3.8, 4) is 17.1 Å². The van der Waals surface area contributed by atoms with Crippen LogP contribution in [0.3, 0.4) is 0 Å². The molecule has 0 atom stereocenters. The number of hydrogen-bond donors (Lipinski definition) is 1. The van der Waals surface area contributed by atoms with Crippen molar-refractivity contribution < 1.29 is 9.53 Å². The predicted octanol–water partition coefficient (Wildman–Crippen LogP) is 4.42. The Morgan fingerprint density at radius 3 is 2.60 bits per heavy atom. The van der Waals surface area contributed by atoms with Crippen LogP contribution >= 0.6 is 0 Å². The fourth-order valence-electron chi connectivity index (χ4n) is 4.89. The summed E-state index contributed by atoms with van der Waals surface area (Å²) < 4.78 is 7.42. The summed E-state index contributed by atoms with van der Waals surface area (Å²) in [6.07, 6.45) is 8.62. The van der Waals surface area contributed by atoms with E-state index in [1.165, 1.54) is 12.8 Å². The zero-order chi connectivity index (χ0) is 28.1. The molecule has 208 valence electrons. The van der Waals surface area contributed by atoms with Crippen molar-refractivity contribution in [2.75, 3.05) is 44.0 Å². The van der Waals surface area contributed by atoms with Crippen LogP contribution in [0.1, 0.15) is 42.2 Å². The molecular formula is C29H35N9O2. The fraction of sp³-hybridized carbons (Fsp3) is 0.379. The first-order chi connectivity index (χ1) is 19.5. The van der Waals surface area contributed by atoms with E-state index in [4.69, 9.17) is 4.74 Å². The highest BCUT2D eigenvalue weighted by Gasteiger charge is 2.19. The number of benzene rings is 1. The van der Waals surface area contributed by atoms with Crippen LogP contribution in [0.2, 0.25) is 0 Å². The average Bonchev–Trinajstić information content (AvgIpc) is 3.67. The molecule has 0 radical (unpaired) electrons. The van der Waals surface area contributed by atoms with Gasteiger partial charge in [0.2, 0.25) is 0 Å². The Kier molecular flexibility index (Phi) is 8.30. The van der Waals surface area contributed by atoms with Crippen LogP contribution in [0, 0.1) is 0 Å². The normalized spacial score (nSPS) is 13.4. The van der Waals surface area contributed by atoms with E-state index in [1.54, 1.807) is 30.6 Å². The molecule has 0 unspecified atom stereocenters. The zero-order valence-electron chi connectivity index (χ0n) is 23.5. The minimum Gasteiger partial charge on any atom is -0.494 e. The van der Waals surface area contributed by atoms with E-state index in [0.29, 0.717) is 40.8 Å². The Bertz CT molecular complexity index is 1480. The molecule has 4 heterocycles. The maximum atomic E-state index is 12.9. The number of carbonyl (C=O) groups is 1. The summed E-state index contributed by atoms with van der Waals surface area (Å²) in [6.45, 7) is 5.15. The number of pyridine rings is 1. The predicted molar refractivity (Wildman–Crippen MR) is 155 cm³/mol. The molecule has 11 nitrogen and oxygen atoms in total. The molecule has 4 aromatic rings. The number of rotatable bonds is 11. The molecule has 0 spiro atoms. The lowest BCUT2D eigenvalue weighted by Gasteiger charge is -2.21. The number of aryl methyl sites for hydroxylation is 1. The van der Waals surface area contributed by atoms with Crippen LogP contribution < -0.4 is 15.0 Å². The lowest BCUT2D eigenvalue weighted by atomic mass is 10.1.